The molecule has 2 rings (SSSR count). The first-order valence-electron chi connectivity index (χ1n) is 6.11. The van der Waals surface area contributed by atoms with E-state index in [4.69, 9.17) is 21.1 Å². The summed E-state index contributed by atoms with van der Waals surface area (Å²) in [6, 6.07) is 3.42. The van der Waals surface area contributed by atoms with Crippen LogP contribution in [0.15, 0.2) is 18.3 Å². The molecule has 0 radical (unpaired) electrons. The zero-order valence-corrected chi connectivity index (χ0v) is 13.6. The molecule has 1 aromatic rings. The Balaban J connectivity index is 0.00000200. The van der Waals surface area contributed by atoms with Crippen molar-refractivity contribution in [2.45, 2.75) is 6.10 Å². The van der Waals surface area contributed by atoms with E-state index in [2.05, 4.69) is 15.6 Å². The van der Waals surface area contributed by atoms with Crippen molar-refractivity contribution in [3.05, 3.63) is 23.4 Å². The van der Waals surface area contributed by atoms with E-state index in [9.17, 15) is 4.79 Å². The zero-order chi connectivity index (χ0) is 13.5. The van der Waals surface area contributed by atoms with Gasteiger partial charge in [-0.25, -0.2) is 4.98 Å². The lowest BCUT2D eigenvalue weighted by Crippen LogP contribution is -2.48. The number of amides is 1. The largest absolute Gasteiger partial charge is 0.475 e. The number of carbonyl (C=O) groups excluding carboxylic acids is 1. The molecule has 1 aromatic heterocycles. The number of ether oxygens (including phenoxy) is 2. The van der Waals surface area contributed by atoms with Crippen LogP contribution in [0.2, 0.25) is 5.02 Å². The minimum absolute atomic E-state index is 0. The Kier molecular flexibility index (Phi) is 10.5. The van der Waals surface area contributed by atoms with Gasteiger partial charge in [0.05, 0.1) is 13.2 Å². The molecule has 0 aliphatic carbocycles. The van der Waals surface area contributed by atoms with Crippen LogP contribution in [-0.2, 0) is 9.53 Å². The Labute approximate surface area is 140 Å². The van der Waals surface area contributed by atoms with Gasteiger partial charge in [-0.05, 0) is 12.1 Å². The summed E-state index contributed by atoms with van der Waals surface area (Å²) in [6.45, 7) is 2.57. The van der Waals surface area contributed by atoms with E-state index in [-0.39, 0.29) is 30.7 Å². The first-order valence-corrected chi connectivity index (χ1v) is 6.48. The Morgan fingerprint density at radius 3 is 3.05 bits per heavy atom. The second-order valence-electron chi connectivity index (χ2n) is 3.99. The highest BCUT2D eigenvalue weighted by Crippen LogP contribution is 2.19. The molecule has 120 valence electrons. The molecule has 0 aromatic carbocycles. The highest BCUT2D eigenvalue weighted by molar-refractivity contribution is 6.31. The number of morpholine rings is 1. The minimum atomic E-state index is -0.424. The molecule has 0 bridgehead atoms. The van der Waals surface area contributed by atoms with E-state index in [1.165, 1.54) is 0 Å². The van der Waals surface area contributed by atoms with E-state index in [1.54, 1.807) is 18.3 Å². The third-order valence-electron chi connectivity index (χ3n) is 2.58. The first-order chi connectivity index (χ1) is 9.27. The summed E-state index contributed by atoms with van der Waals surface area (Å²) in [7, 11) is 0. The van der Waals surface area contributed by atoms with Gasteiger partial charge in [-0.15, -0.1) is 24.8 Å². The van der Waals surface area contributed by atoms with Crippen LogP contribution in [0.3, 0.4) is 0 Å². The van der Waals surface area contributed by atoms with Crippen molar-refractivity contribution >= 4 is 42.3 Å². The number of carbonyl (C=O) groups is 1. The van der Waals surface area contributed by atoms with Gasteiger partial charge in [-0.2, -0.15) is 0 Å². The van der Waals surface area contributed by atoms with Gasteiger partial charge in [-0.3, -0.25) is 4.79 Å². The average molecular weight is 359 g/mol. The van der Waals surface area contributed by atoms with Crippen molar-refractivity contribution < 1.29 is 14.3 Å². The molecule has 6 nitrogen and oxygen atoms in total. The predicted molar refractivity (Wildman–Crippen MR) is 84.9 cm³/mol. The molecule has 1 atom stereocenters. The topological polar surface area (TPSA) is 72.5 Å². The van der Waals surface area contributed by atoms with Gasteiger partial charge in [0.25, 0.3) is 5.91 Å². The van der Waals surface area contributed by atoms with Crippen molar-refractivity contribution in [2.75, 3.05) is 32.8 Å². The average Bonchev–Trinajstić information content (AvgIpc) is 2.46. The van der Waals surface area contributed by atoms with Gasteiger partial charge >= 0.3 is 0 Å². The molecule has 0 saturated carbocycles. The van der Waals surface area contributed by atoms with Crippen LogP contribution in [0.1, 0.15) is 0 Å². The number of aromatic nitrogens is 1. The summed E-state index contributed by atoms with van der Waals surface area (Å²) in [5.74, 6) is 0.233. The van der Waals surface area contributed by atoms with Gasteiger partial charge in [-0.1, -0.05) is 11.6 Å². The normalized spacial score (nSPS) is 17.1. The van der Waals surface area contributed by atoms with Gasteiger partial charge in [0, 0.05) is 19.3 Å². The van der Waals surface area contributed by atoms with Crippen molar-refractivity contribution in [3.8, 4) is 5.88 Å². The Hall–Kier alpha value is -0.790. The number of nitrogens with one attached hydrogen (secondary N) is 2. The summed E-state index contributed by atoms with van der Waals surface area (Å²) < 4.78 is 10.7. The van der Waals surface area contributed by atoms with Gasteiger partial charge < -0.3 is 20.1 Å². The number of rotatable bonds is 5. The van der Waals surface area contributed by atoms with Crippen LogP contribution >= 0.6 is 36.4 Å². The fourth-order valence-corrected chi connectivity index (χ4v) is 1.82. The Morgan fingerprint density at radius 1 is 1.57 bits per heavy atom. The summed E-state index contributed by atoms with van der Waals surface area (Å²) >= 11 is 5.88. The lowest BCUT2D eigenvalue weighted by Gasteiger charge is -2.22. The molecule has 1 saturated heterocycles. The molecule has 0 spiro atoms. The van der Waals surface area contributed by atoms with E-state index in [1.807, 2.05) is 0 Å². The van der Waals surface area contributed by atoms with Crippen LogP contribution in [0, 0.1) is 0 Å². The molecule has 1 fully saturated rings. The molecule has 1 aliphatic rings. The molecular formula is C12H18Cl3N3O3. The lowest BCUT2D eigenvalue weighted by atomic mass is 10.3. The molecule has 1 unspecified atom stereocenters. The lowest BCUT2D eigenvalue weighted by molar-refractivity contribution is -0.134. The van der Waals surface area contributed by atoms with Gasteiger partial charge in [0.15, 0.2) is 0 Å². The van der Waals surface area contributed by atoms with Crippen LogP contribution in [0.25, 0.3) is 0 Å². The number of hydrogen-bond donors (Lipinski definition) is 2. The number of pyridine rings is 1. The molecule has 21 heavy (non-hydrogen) atoms. The maximum absolute atomic E-state index is 11.7. The van der Waals surface area contributed by atoms with E-state index < -0.39 is 6.10 Å². The summed E-state index contributed by atoms with van der Waals surface area (Å²) in [5, 5.41) is 6.29. The standard InChI is InChI=1S/C12H16ClN3O3.2ClH/c13-9-2-1-3-16-12(9)19-7-5-15-11(17)10-8-14-4-6-18-10;;/h1-3,10,14H,4-8H2,(H,15,17);2*1H. The maximum atomic E-state index is 11.7. The SMILES string of the molecule is Cl.Cl.O=C(NCCOc1ncccc1Cl)C1CNCCO1. The van der Waals surface area contributed by atoms with Crippen LogP contribution in [0.5, 0.6) is 5.88 Å². The van der Waals surface area contributed by atoms with E-state index in [0.29, 0.717) is 37.2 Å². The molecule has 1 amide bonds. The Morgan fingerprint density at radius 2 is 2.38 bits per heavy atom. The molecule has 2 heterocycles. The van der Waals surface area contributed by atoms with Crippen molar-refractivity contribution in [2.24, 2.45) is 0 Å². The third kappa shape index (κ3) is 6.67. The summed E-state index contributed by atoms with van der Waals surface area (Å²) in [5.41, 5.74) is 0. The fraction of sp³-hybridized carbons (Fsp3) is 0.500. The van der Waals surface area contributed by atoms with Crippen molar-refractivity contribution in [1.29, 1.82) is 0 Å². The van der Waals surface area contributed by atoms with E-state index >= 15 is 0 Å². The zero-order valence-electron chi connectivity index (χ0n) is 11.2. The number of hydrogen-bond acceptors (Lipinski definition) is 5. The number of nitrogens with zero attached hydrogens (tertiary/aromatic N) is 1. The predicted octanol–water partition coefficient (Wildman–Crippen LogP) is 1.06. The number of halogens is 3. The molecule has 1 aliphatic heterocycles. The minimum Gasteiger partial charge on any atom is -0.475 e. The highest BCUT2D eigenvalue weighted by Gasteiger charge is 2.20. The van der Waals surface area contributed by atoms with Crippen LogP contribution in [-0.4, -0.2) is 49.8 Å². The summed E-state index contributed by atoms with van der Waals surface area (Å²) in [4.78, 5) is 15.7. The van der Waals surface area contributed by atoms with Gasteiger partial charge in [0.1, 0.15) is 17.7 Å². The maximum Gasteiger partial charge on any atom is 0.250 e. The van der Waals surface area contributed by atoms with Crippen molar-refractivity contribution in [1.82, 2.24) is 15.6 Å². The highest BCUT2D eigenvalue weighted by atomic mass is 35.5. The molecular weight excluding hydrogens is 341 g/mol. The fourth-order valence-electron chi connectivity index (χ4n) is 1.65. The van der Waals surface area contributed by atoms with Crippen LogP contribution in [0.4, 0.5) is 0 Å². The van der Waals surface area contributed by atoms with E-state index in [0.717, 1.165) is 6.54 Å². The monoisotopic (exact) mass is 357 g/mol. The first kappa shape index (κ1) is 20.2. The second kappa shape index (κ2) is 10.9. The smallest absolute Gasteiger partial charge is 0.250 e. The van der Waals surface area contributed by atoms with Crippen molar-refractivity contribution in [3.63, 3.8) is 0 Å². The third-order valence-corrected chi connectivity index (χ3v) is 2.87. The van der Waals surface area contributed by atoms with Gasteiger partial charge in [0.2, 0.25) is 5.88 Å². The quantitative estimate of drug-likeness (QED) is 0.770. The Bertz CT molecular complexity index is 431. The summed E-state index contributed by atoms with van der Waals surface area (Å²) in [6.07, 6.45) is 1.17. The second-order valence-corrected chi connectivity index (χ2v) is 4.40. The molecule has 9 heteroatoms. The molecule has 2 N–H and O–H groups in total. The van der Waals surface area contributed by atoms with Crippen LogP contribution < -0.4 is 15.4 Å².